The topological polar surface area (TPSA) is 46.5 Å². The molecule has 1 atom stereocenters. The maximum absolute atomic E-state index is 10.7. The van der Waals surface area contributed by atoms with Gasteiger partial charge >= 0.3 is 5.97 Å². The van der Waals surface area contributed by atoms with Gasteiger partial charge in [-0.1, -0.05) is 54.1 Å². The molecule has 0 saturated heterocycles. The molecule has 0 saturated carbocycles. The first-order chi connectivity index (χ1) is 10.6. The van der Waals surface area contributed by atoms with E-state index in [1.165, 1.54) is 16.7 Å². The monoisotopic (exact) mass is 294 g/mol. The van der Waals surface area contributed by atoms with Crippen LogP contribution in [0.2, 0.25) is 0 Å². The largest absolute Gasteiger partial charge is 0.481 e. The predicted octanol–water partition coefficient (Wildman–Crippen LogP) is 3.89. The molecule has 22 heavy (non-hydrogen) atoms. The Kier molecular flexibility index (Phi) is 3.96. The van der Waals surface area contributed by atoms with Gasteiger partial charge in [0.25, 0.3) is 0 Å². The number of carbonyl (C=O) groups is 1. The van der Waals surface area contributed by atoms with Gasteiger partial charge in [-0.3, -0.25) is 0 Å². The zero-order chi connectivity index (χ0) is 15.5. The summed E-state index contributed by atoms with van der Waals surface area (Å²) in [7, 11) is 0. The van der Waals surface area contributed by atoms with E-state index in [0.29, 0.717) is 11.7 Å². The van der Waals surface area contributed by atoms with E-state index in [0.717, 1.165) is 12.0 Å². The summed E-state index contributed by atoms with van der Waals surface area (Å²) < 4.78 is 5.41. The molecule has 0 amide bonds. The van der Waals surface area contributed by atoms with E-state index >= 15 is 0 Å². The van der Waals surface area contributed by atoms with Crippen molar-refractivity contribution in [2.75, 3.05) is 6.61 Å². The van der Waals surface area contributed by atoms with Crippen LogP contribution in [0, 0.1) is 0 Å². The molecule has 0 aliphatic heterocycles. The summed E-state index contributed by atoms with van der Waals surface area (Å²) in [6.07, 6.45) is 3.05. The molecule has 0 spiro atoms. The second-order valence-corrected chi connectivity index (χ2v) is 5.57. The zero-order valence-electron chi connectivity index (χ0n) is 12.5. The first-order valence-electron chi connectivity index (χ1n) is 7.35. The van der Waals surface area contributed by atoms with Gasteiger partial charge in [-0.15, -0.1) is 0 Å². The molecule has 3 heteroatoms. The summed E-state index contributed by atoms with van der Waals surface area (Å²) >= 11 is 0. The number of hydrogen-bond donors (Lipinski definition) is 1. The fourth-order valence-electron chi connectivity index (χ4n) is 2.98. The van der Waals surface area contributed by atoms with E-state index in [1.807, 2.05) is 18.2 Å². The van der Waals surface area contributed by atoms with Gasteiger partial charge in [0.05, 0.1) is 0 Å². The highest BCUT2D eigenvalue weighted by Crippen LogP contribution is 2.42. The number of ether oxygens (including phenoxy) is 1. The lowest BCUT2D eigenvalue weighted by Gasteiger charge is -2.15. The fourth-order valence-corrected chi connectivity index (χ4v) is 2.98. The van der Waals surface area contributed by atoms with Gasteiger partial charge in [0, 0.05) is 11.5 Å². The highest BCUT2D eigenvalue weighted by molar-refractivity contribution is 5.73. The molecule has 3 rings (SSSR count). The number of carboxylic acid groups (broad SMARTS) is 1. The van der Waals surface area contributed by atoms with Crippen LogP contribution in [0.1, 0.15) is 29.5 Å². The molecule has 0 radical (unpaired) electrons. The smallest absolute Gasteiger partial charge is 0.341 e. The minimum atomic E-state index is -0.961. The van der Waals surface area contributed by atoms with Crippen molar-refractivity contribution in [3.63, 3.8) is 0 Å². The maximum Gasteiger partial charge on any atom is 0.341 e. The standard InChI is InChI=1S/C19H18O3/c1-13-10-17-15(8-5-9-18(17)22-12-19(20)21)16(13)11-14-6-3-2-4-7-14/h2-10,16H,11-12H2,1H3,(H,20,21). The van der Waals surface area contributed by atoms with Crippen LogP contribution in [0.5, 0.6) is 5.75 Å². The Morgan fingerprint density at radius 1 is 1.14 bits per heavy atom. The van der Waals surface area contributed by atoms with E-state index < -0.39 is 5.97 Å². The molecule has 0 aromatic heterocycles. The third-order valence-electron chi connectivity index (χ3n) is 4.03. The molecular weight excluding hydrogens is 276 g/mol. The minimum absolute atomic E-state index is 0.313. The van der Waals surface area contributed by atoms with Crippen LogP contribution in [0.15, 0.2) is 54.1 Å². The van der Waals surface area contributed by atoms with Crippen LogP contribution in [0.3, 0.4) is 0 Å². The maximum atomic E-state index is 10.7. The van der Waals surface area contributed by atoms with E-state index in [2.05, 4.69) is 43.3 Å². The first kappa shape index (κ1) is 14.4. The van der Waals surface area contributed by atoms with Crippen molar-refractivity contribution in [1.29, 1.82) is 0 Å². The average molecular weight is 294 g/mol. The van der Waals surface area contributed by atoms with Gasteiger partial charge < -0.3 is 9.84 Å². The Morgan fingerprint density at radius 3 is 2.64 bits per heavy atom. The Morgan fingerprint density at radius 2 is 1.91 bits per heavy atom. The van der Waals surface area contributed by atoms with E-state index in [-0.39, 0.29) is 6.61 Å². The Bertz CT molecular complexity index is 717. The normalized spacial score (nSPS) is 16.0. The number of benzene rings is 2. The molecular formula is C19H18O3. The lowest BCUT2D eigenvalue weighted by molar-refractivity contribution is -0.139. The van der Waals surface area contributed by atoms with Crippen molar-refractivity contribution >= 4 is 12.0 Å². The van der Waals surface area contributed by atoms with Crippen LogP contribution in [0.25, 0.3) is 6.08 Å². The summed E-state index contributed by atoms with van der Waals surface area (Å²) in [4.78, 5) is 10.7. The van der Waals surface area contributed by atoms with Crippen molar-refractivity contribution in [1.82, 2.24) is 0 Å². The van der Waals surface area contributed by atoms with Crippen molar-refractivity contribution in [2.45, 2.75) is 19.3 Å². The molecule has 112 valence electrons. The van der Waals surface area contributed by atoms with Crippen molar-refractivity contribution in [2.24, 2.45) is 0 Å². The van der Waals surface area contributed by atoms with Crippen LogP contribution in [-0.4, -0.2) is 17.7 Å². The Hall–Kier alpha value is -2.55. The van der Waals surface area contributed by atoms with Crippen LogP contribution in [-0.2, 0) is 11.2 Å². The number of carboxylic acids is 1. The summed E-state index contributed by atoms with van der Waals surface area (Å²) in [5.41, 5.74) is 4.81. The molecule has 2 aromatic carbocycles. The van der Waals surface area contributed by atoms with Crippen LogP contribution >= 0.6 is 0 Å². The molecule has 0 bridgehead atoms. The summed E-state index contributed by atoms with van der Waals surface area (Å²) in [6, 6.07) is 16.3. The van der Waals surface area contributed by atoms with E-state index in [1.54, 1.807) is 0 Å². The van der Waals surface area contributed by atoms with Gasteiger partial charge in [-0.05, 0) is 30.5 Å². The third-order valence-corrected chi connectivity index (χ3v) is 4.03. The van der Waals surface area contributed by atoms with Crippen molar-refractivity contribution in [3.8, 4) is 5.75 Å². The summed E-state index contributed by atoms with van der Waals surface area (Å²) in [5.74, 6) is 0.0118. The predicted molar refractivity (Wildman–Crippen MR) is 86.1 cm³/mol. The Labute approximate surface area is 129 Å². The molecule has 1 unspecified atom stereocenters. The number of fused-ring (bicyclic) bond motifs is 1. The zero-order valence-corrected chi connectivity index (χ0v) is 12.5. The molecule has 3 nitrogen and oxygen atoms in total. The van der Waals surface area contributed by atoms with E-state index in [4.69, 9.17) is 9.84 Å². The molecule has 2 aromatic rings. The lowest BCUT2D eigenvalue weighted by atomic mass is 9.90. The number of aliphatic carboxylic acids is 1. The number of hydrogen-bond acceptors (Lipinski definition) is 2. The summed E-state index contributed by atoms with van der Waals surface area (Å²) in [6.45, 7) is 1.81. The van der Waals surface area contributed by atoms with Crippen LogP contribution in [0.4, 0.5) is 0 Å². The average Bonchev–Trinajstić information content (AvgIpc) is 2.83. The second-order valence-electron chi connectivity index (χ2n) is 5.57. The molecule has 1 aliphatic rings. The van der Waals surface area contributed by atoms with Crippen molar-refractivity contribution < 1.29 is 14.6 Å². The first-order valence-corrected chi connectivity index (χ1v) is 7.35. The highest BCUT2D eigenvalue weighted by Gasteiger charge is 2.25. The van der Waals surface area contributed by atoms with Gasteiger partial charge in [0.15, 0.2) is 6.61 Å². The van der Waals surface area contributed by atoms with Gasteiger partial charge in [-0.25, -0.2) is 4.79 Å². The summed E-state index contributed by atoms with van der Waals surface area (Å²) in [5, 5.41) is 8.78. The molecule has 1 aliphatic carbocycles. The molecule has 0 heterocycles. The molecule has 0 fully saturated rings. The minimum Gasteiger partial charge on any atom is -0.481 e. The van der Waals surface area contributed by atoms with Gasteiger partial charge in [0.2, 0.25) is 0 Å². The number of rotatable bonds is 5. The van der Waals surface area contributed by atoms with Gasteiger partial charge in [0.1, 0.15) is 5.75 Å². The van der Waals surface area contributed by atoms with E-state index in [9.17, 15) is 4.79 Å². The third kappa shape index (κ3) is 2.89. The quantitative estimate of drug-likeness (QED) is 0.910. The lowest BCUT2D eigenvalue weighted by Crippen LogP contribution is -2.10. The highest BCUT2D eigenvalue weighted by atomic mass is 16.5. The fraction of sp³-hybridized carbons (Fsp3) is 0.211. The SMILES string of the molecule is CC1=Cc2c(OCC(=O)O)cccc2C1Cc1ccccc1. The Balaban J connectivity index is 1.88. The van der Waals surface area contributed by atoms with Crippen LogP contribution < -0.4 is 4.74 Å². The molecule has 1 N–H and O–H groups in total. The van der Waals surface area contributed by atoms with Crippen molar-refractivity contribution in [3.05, 3.63) is 70.8 Å². The second kappa shape index (κ2) is 6.06. The van der Waals surface area contributed by atoms with Gasteiger partial charge in [-0.2, -0.15) is 0 Å². The number of allylic oxidation sites excluding steroid dienone is 1.